The van der Waals surface area contributed by atoms with Crippen molar-refractivity contribution in [2.75, 3.05) is 18.1 Å². The Kier molecular flexibility index (Phi) is 4.30. The molecule has 15 heavy (non-hydrogen) atoms. The van der Waals surface area contributed by atoms with Crippen molar-refractivity contribution >= 4 is 22.6 Å². The zero-order chi connectivity index (χ0) is 11.3. The number of carbonyl (C=O) groups excluding carboxylic acids is 1. The van der Waals surface area contributed by atoms with Gasteiger partial charge in [0.1, 0.15) is 11.0 Å². The second-order valence-corrected chi connectivity index (χ2v) is 4.37. The van der Waals surface area contributed by atoms with Gasteiger partial charge in [0.15, 0.2) is 0 Å². The highest BCUT2D eigenvalue weighted by Gasteiger charge is 2.06. The van der Waals surface area contributed by atoms with Crippen molar-refractivity contribution in [3.05, 3.63) is 29.8 Å². The molecule has 4 nitrogen and oxygen atoms in total. The molecule has 1 unspecified atom stereocenters. The summed E-state index contributed by atoms with van der Waals surface area (Å²) < 4.78 is 13.5. The molecule has 0 aliphatic carbocycles. The number of carbonyl (C=O) groups is 1. The van der Waals surface area contributed by atoms with E-state index in [0.29, 0.717) is 11.3 Å². The second-order valence-electron chi connectivity index (χ2n) is 2.89. The molecule has 1 aromatic carbocycles. The summed E-state index contributed by atoms with van der Waals surface area (Å²) in [7, 11) is 0.527. The van der Waals surface area contributed by atoms with Crippen LogP contribution in [-0.4, -0.2) is 22.9 Å². The third kappa shape index (κ3) is 3.36. The van der Waals surface area contributed by atoms with Crippen molar-refractivity contribution in [3.8, 4) is 0 Å². The lowest BCUT2D eigenvalue weighted by Crippen LogP contribution is -2.26. The molecule has 1 rings (SSSR count). The first-order valence-electron chi connectivity index (χ1n) is 4.64. The topological polar surface area (TPSA) is 58.2 Å². The SMILES string of the molecule is CCS(=O)NC(=O)c1ccc(NC)cc1. The maximum absolute atomic E-state index is 11.5. The molecule has 0 aliphatic rings. The molecule has 0 aromatic heterocycles. The summed E-state index contributed by atoms with van der Waals surface area (Å²) >= 11 is 0. The van der Waals surface area contributed by atoms with E-state index in [9.17, 15) is 9.00 Å². The van der Waals surface area contributed by atoms with E-state index >= 15 is 0 Å². The van der Waals surface area contributed by atoms with Crippen molar-refractivity contribution in [2.45, 2.75) is 6.92 Å². The minimum Gasteiger partial charge on any atom is -0.388 e. The summed E-state index contributed by atoms with van der Waals surface area (Å²) in [6.07, 6.45) is 0. The van der Waals surface area contributed by atoms with Crippen LogP contribution in [0.2, 0.25) is 0 Å². The van der Waals surface area contributed by atoms with Gasteiger partial charge in [0.25, 0.3) is 5.91 Å². The maximum Gasteiger partial charge on any atom is 0.262 e. The minimum atomic E-state index is -1.28. The smallest absolute Gasteiger partial charge is 0.262 e. The van der Waals surface area contributed by atoms with Crippen molar-refractivity contribution in [1.82, 2.24) is 4.72 Å². The van der Waals surface area contributed by atoms with Gasteiger partial charge < -0.3 is 5.32 Å². The molecule has 0 fully saturated rings. The normalized spacial score (nSPS) is 11.9. The van der Waals surface area contributed by atoms with E-state index in [4.69, 9.17) is 0 Å². The summed E-state index contributed by atoms with van der Waals surface area (Å²) in [4.78, 5) is 11.5. The number of rotatable bonds is 4. The quantitative estimate of drug-likeness (QED) is 0.809. The van der Waals surface area contributed by atoms with Crippen LogP contribution in [0.25, 0.3) is 0 Å². The molecular formula is C10H14N2O2S. The van der Waals surface area contributed by atoms with E-state index in [1.54, 1.807) is 38.2 Å². The Morgan fingerprint density at radius 1 is 1.33 bits per heavy atom. The van der Waals surface area contributed by atoms with Crippen molar-refractivity contribution < 1.29 is 9.00 Å². The molecule has 2 N–H and O–H groups in total. The Hall–Kier alpha value is -1.36. The molecule has 0 spiro atoms. The third-order valence-corrected chi connectivity index (χ3v) is 2.84. The van der Waals surface area contributed by atoms with Crippen LogP contribution in [-0.2, 0) is 11.0 Å². The van der Waals surface area contributed by atoms with Crippen LogP contribution in [0.3, 0.4) is 0 Å². The van der Waals surface area contributed by atoms with Crippen LogP contribution >= 0.6 is 0 Å². The molecule has 82 valence electrons. The standard InChI is InChI=1S/C10H14N2O2S/c1-3-15(14)12-10(13)8-4-6-9(11-2)7-5-8/h4-7,11H,3H2,1-2H3,(H,12,13). The van der Waals surface area contributed by atoms with Crippen LogP contribution in [0.5, 0.6) is 0 Å². The lowest BCUT2D eigenvalue weighted by atomic mass is 10.2. The van der Waals surface area contributed by atoms with Crippen LogP contribution in [0.4, 0.5) is 5.69 Å². The van der Waals surface area contributed by atoms with Gasteiger partial charge in [0.2, 0.25) is 0 Å². The zero-order valence-electron chi connectivity index (χ0n) is 8.74. The van der Waals surface area contributed by atoms with E-state index < -0.39 is 11.0 Å². The van der Waals surface area contributed by atoms with Gasteiger partial charge in [-0.15, -0.1) is 0 Å². The monoisotopic (exact) mass is 226 g/mol. The zero-order valence-corrected chi connectivity index (χ0v) is 9.56. The average Bonchev–Trinajstić information content (AvgIpc) is 2.29. The number of hydrogen-bond donors (Lipinski definition) is 2. The number of amides is 1. The number of hydrogen-bond acceptors (Lipinski definition) is 3. The molecule has 0 bridgehead atoms. The van der Waals surface area contributed by atoms with E-state index in [0.717, 1.165) is 5.69 Å². The molecule has 1 aromatic rings. The number of benzene rings is 1. The Morgan fingerprint density at radius 2 is 1.93 bits per heavy atom. The van der Waals surface area contributed by atoms with Crippen LogP contribution in [0, 0.1) is 0 Å². The molecule has 0 saturated carbocycles. The summed E-state index contributed by atoms with van der Waals surface area (Å²) in [6, 6.07) is 6.97. The lowest BCUT2D eigenvalue weighted by molar-refractivity contribution is 0.0983. The first kappa shape index (κ1) is 11.7. The van der Waals surface area contributed by atoms with Gasteiger partial charge in [-0.3, -0.25) is 9.52 Å². The fraction of sp³-hybridized carbons (Fsp3) is 0.300. The van der Waals surface area contributed by atoms with Crippen molar-refractivity contribution in [1.29, 1.82) is 0 Å². The number of nitrogens with one attached hydrogen (secondary N) is 2. The first-order chi connectivity index (χ1) is 7.17. The van der Waals surface area contributed by atoms with Crippen LogP contribution in [0.15, 0.2) is 24.3 Å². The van der Waals surface area contributed by atoms with Gasteiger partial charge in [-0.1, -0.05) is 6.92 Å². The van der Waals surface area contributed by atoms with Crippen LogP contribution < -0.4 is 10.0 Å². The van der Waals surface area contributed by atoms with Gasteiger partial charge in [-0.2, -0.15) is 0 Å². The molecule has 0 heterocycles. The Bertz CT molecular complexity index is 362. The van der Waals surface area contributed by atoms with E-state index in [2.05, 4.69) is 10.0 Å². The van der Waals surface area contributed by atoms with Crippen molar-refractivity contribution in [2.24, 2.45) is 0 Å². The Morgan fingerprint density at radius 3 is 2.40 bits per heavy atom. The van der Waals surface area contributed by atoms with E-state index in [1.165, 1.54) is 0 Å². The van der Waals surface area contributed by atoms with Gasteiger partial charge in [-0.25, -0.2) is 4.21 Å². The predicted molar refractivity (Wildman–Crippen MR) is 62.1 cm³/mol. The molecule has 5 heteroatoms. The molecule has 0 radical (unpaired) electrons. The lowest BCUT2D eigenvalue weighted by Gasteiger charge is -2.04. The molecule has 1 atom stereocenters. The molecule has 1 amide bonds. The summed E-state index contributed by atoms with van der Waals surface area (Å²) in [5.74, 6) is 0.109. The molecule has 0 aliphatic heterocycles. The predicted octanol–water partition coefficient (Wildman–Crippen LogP) is 1.14. The highest BCUT2D eigenvalue weighted by Crippen LogP contribution is 2.08. The van der Waals surface area contributed by atoms with Gasteiger partial charge in [0.05, 0.1) is 0 Å². The number of anilines is 1. The van der Waals surface area contributed by atoms with Gasteiger partial charge in [0, 0.05) is 24.1 Å². The van der Waals surface area contributed by atoms with E-state index in [-0.39, 0.29) is 5.91 Å². The summed E-state index contributed by atoms with van der Waals surface area (Å²) in [5, 5.41) is 2.95. The largest absolute Gasteiger partial charge is 0.388 e. The average molecular weight is 226 g/mol. The fourth-order valence-electron chi connectivity index (χ4n) is 1.02. The Labute approximate surface area is 91.7 Å². The second kappa shape index (κ2) is 5.50. The van der Waals surface area contributed by atoms with Gasteiger partial charge >= 0.3 is 0 Å². The third-order valence-electron chi connectivity index (χ3n) is 1.90. The first-order valence-corrected chi connectivity index (χ1v) is 5.96. The van der Waals surface area contributed by atoms with Gasteiger partial charge in [-0.05, 0) is 24.3 Å². The molecule has 0 saturated heterocycles. The highest BCUT2D eigenvalue weighted by atomic mass is 32.2. The maximum atomic E-state index is 11.5. The fourth-order valence-corrected chi connectivity index (χ4v) is 1.49. The summed E-state index contributed by atoms with van der Waals surface area (Å²) in [5.41, 5.74) is 1.44. The van der Waals surface area contributed by atoms with Crippen LogP contribution in [0.1, 0.15) is 17.3 Å². The minimum absolute atomic E-state index is 0.308. The van der Waals surface area contributed by atoms with E-state index in [1.807, 2.05) is 0 Å². The highest BCUT2D eigenvalue weighted by molar-refractivity contribution is 7.83. The Balaban J connectivity index is 2.70. The molecular weight excluding hydrogens is 212 g/mol. The van der Waals surface area contributed by atoms with Crippen molar-refractivity contribution in [3.63, 3.8) is 0 Å². The summed E-state index contributed by atoms with van der Waals surface area (Å²) in [6.45, 7) is 1.75.